The molecule has 1 aromatic heterocycles. The van der Waals surface area contributed by atoms with Gasteiger partial charge in [-0.05, 0) is 12.3 Å². The molecule has 3 rings (SSSR count). The highest BCUT2D eigenvalue weighted by molar-refractivity contribution is 7.98. The Kier molecular flexibility index (Phi) is 5.25. The number of hydrogen-bond donors (Lipinski definition) is 1. The van der Waals surface area contributed by atoms with Crippen LogP contribution in [0.15, 0.2) is 52.7 Å². The summed E-state index contributed by atoms with van der Waals surface area (Å²) in [5.74, 6) is 0.926. The highest BCUT2D eigenvalue weighted by Gasteiger charge is 2.13. The Bertz CT molecular complexity index is 913. The maximum atomic E-state index is 9.76. The molecule has 0 aliphatic carbocycles. The van der Waals surface area contributed by atoms with Crippen molar-refractivity contribution in [3.63, 3.8) is 0 Å². The fourth-order valence-corrected chi connectivity index (χ4v) is 2.84. The van der Waals surface area contributed by atoms with E-state index in [1.54, 1.807) is 17.0 Å². The number of benzene rings is 2. The van der Waals surface area contributed by atoms with Crippen LogP contribution in [0, 0.1) is 0 Å². The second-order valence-electron chi connectivity index (χ2n) is 4.98. The van der Waals surface area contributed by atoms with Crippen molar-refractivity contribution in [3.05, 3.63) is 53.1 Å². The molecule has 8 heteroatoms. The number of hydrogen-bond acceptors (Lipinski definition) is 6. The molecule has 0 radical (unpaired) electrons. The quantitative estimate of drug-likeness (QED) is 0.541. The average Bonchev–Trinajstić information content (AvgIpc) is 3.04. The van der Waals surface area contributed by atoms with Crippen molar-refractivity contribution < 1.29 is 9.84 Å². The summed E-state index contributed by atoms with van der Waals surface area (Å²) < 4.78 is 6.76. The van der Waals surface area contributed by atoms with E-state index in [0.717, 1.165) is 5.56 Å². The van der Waals surface area contributed by atoms with E-state index in [1.165, 1.54) is 24.9 Å². The van der Waals surface area contributed by atoms with Crippen LogP contribution in [0.1, 0.15) is 5.56 Å². The third kappa shape index (κ3) is 3.62. The van der Waals surface area contributed by atoms with Crippen molar-refractivity contribution in [3.8, 4) is 22.9 Å². The number of aromatic nitrogens is 3. The summed E-state index contributed by atoms with van der Waals surface area (Å²) in [6.45, 7) is 0. The Balaban J connectivity index is 2.03. The number of phenols is 1. The van der Waals surface area contributed by atoms with Crippen LogP contribution in [0.4, 0.5) is 0 Å². The molecule has 0 spiro atoms. The number of nitrogens with zero attached hydrogens (tertiary/aromatic N) is 4. The number of aromatic hydroxyl groups is 1. The molecule has 1 heterocycles. The number of ether oxygens (including phenoxy) is 1. The molecule has 2 aromatic carbocycles. The summed E-state index contributed by atoms with van der Waals surface area (Å²) in [7, 11) is 1.48. The van der Waals surface area contributed by atoms with Gasteiger partial charge < -0.3 is 9.84 Å². The van der Waals surface area contributed by atoms with Gasteiger partial charge in [0.2, 0.25) is 5.16 Å². The maximum absolute atomic E-state index is 9.76. The largest absolute Gasteiger partial charge is 0.504 e. The summed E-state index contributed by atoms with van der Waals surface area (Å²) in [4.78, 5) is 0. The topological polar surface area (TPSA) is 72.5 Å². The molecular weight excluding hydrogens is 360 g/mol. The molecule has 0 bridgehead atoms. The highest BCUT2D eigenvalue weighted by Crippen LogP contribution is 2.31. The minimum Gasteiger partial charge on any atom is -0.504 e. The Labute approximate surface area is 154 Å². The van der Waals surface area contributed by atoms with E-state index < -0.39 is 0 Å². The van der Waals surface area contributed by atoms with Crippen LogP contribution in [-0.2, 0) is 0 Å². The third-order valence-electron chi connectivity index (χ3n) is 3.44. The molecule has 6 nitrogen and oxygen atoms in total. The lowest BCUT2D eigenvalue weighted by Gasteiger charge is -2.07. The van der Waals surface area contributed by atoms with Crippen molar-refractivity contribution >= 4 is 29.6 Å². The van der Waals surface area contributed by atoms with E-state index in [2.05, 4.69) is 15.3 Å². The van der Waals surface area contributed by atoms with E-state index in [-0.39, 0.29) is 5.75 Å². The molecule has 0 saturated heterocycles. The van der Waals surface area contributed by atoms with Crippen molar-refractivity contribution in [1.82, 2.24) is 14.9 Å². The van der Waals surface area contributed by atoms with Crippen molar-refractivity contribution in [1.29, 1.82) is 0 Å². The monoisotopic (exact) mass is 374 g/mol. The SMILES string of the molecule is COc1cc(/C=N\n2c(SC)nnc2-c2ccccc2)c(Cl)cc1O. The van der Waals surface area contributed by atoms with Gasteiger partial charge in [0.15, 0.2) is 17.3 Å². The lowest BCUT2D eigenvalue weighted by atomic mass is 10.2. The molecule has 0 aliphatic rings. The van der Waals surface area contributed by atoms with Crippen LogP contribution in [0.25, 0.3) is 11.4 Å². The number of thioether (sulfide) groups is 1. The molecule has 0 amide bonds. The van der Waals surface area contributed by atoms with Gasteiger partial charge in [-0.15, -0.1) is 10.2 Å². The molecule has 1 N–H and O–H groups in total. The first-order valence-electron chi connectivity index (χ1n) is 7.29. The predicted octanol–water partition coefficient (Wildman–Crippen LogP) is 3.92. The first-order chi connectivity index (χ1) is 12.1. The smallest absolute Gasteiger partial charge is 0.212 e. The molecule has 0 unspecified atom stereocenters. The first-order valence-corrected chi connectivity index (χ1v) is 8.90. The Morgan fingerprint density at radius 2 is 2.00 bits per heavy atom. The van der Waals surface area contributed by atoms with Gasteiger partial charge >= 0.3 is 0 Å². The summed E-state index contributed by atoms with van der Waals surface area (Å²) in [5, 5.41) is 23.6. The second kappa shape index (κ2) is 7.58. The standard InChI is InChI=1S/C17H15ClN4O2S/c1-24-15-8-12(13(18)9-14(15)23)10-19-22-16(20-21-17(22)25-2)11-6-4-3-5-7-11/h3-10,23H,1-2H3/b19-10-. The lowest BCUT2D eigenvalue weighted by molar-refractivity contribution is 0.373. The normalized spacial score (nSPS) is 11.2. The zero-order valence-electron chi connectivity index (χ0n) is 13.5. The van der Waals surface area contributed by atoms with Gasteiger partial charge in [0.05, 0.1) is 18.3 Å². The summed E-state index contributed by atoms with van der Waals surface area (Å²) in [6.07, 6.45) is 3.49. The lowest BCUT2D eigenvalue weighted by Crippen LogP contribution is -1.97. The van der Waals surface area contributed by atoms with Gasteiger partial charge in [-0.2, -0.15) is 9.78 Å². The van der Waals surface area contributed by atoms with E-state index in [1.807, 2.05) is 36.6 Å². The van der Waals surface area contributed by atoms with Crippen LogP contribution in [-0.4, -0.2) is 39.6 Å². The number of phenolic OH excluding ortho intramolecular Hbond substituents is 1. The summed E-state index contributed by atoms with van der Waals surface area (Å²) >= 11 is 7.61. The molecule has 0 fully saturated rings. The zero-order chi connectivity index (χ0) is 17.8. The Morgan fingerprint density at radius 1 is 1.24 bits per heavy atom. The molecule has 0 atom stereocenters. The van der Waals surface area contributed by atoms with E-state index in [9.17, 15) is 5.11 Å². The Morgan fingerprint density at radius 3 is 2.68 bits per heavy atom. The Hall–Kier alpha value is -2.51. The molecule has 3 aromatic rings. The van der Waals surface area contributed by atoms with Crippen molar-refractivity contribution in [2.24, 2.45) is 5.10 Å². The first kappa shape index (κ1) is 17.3. The van der Waals surface area contributed by atoms with Gasteiger partial charge in [-0.3, -0.25) is 0 Å². The van der Waals surface area contributed by atoms with Crippen molar-refractivity contribution in [2.75, 3.05) is 13.4 Å². The third-order valence-corrected chi connectivity index (χ3v) is 4.38. The van der Waals surface area contributed by atoms with Crippen LogP contribution in [0.3, 0.4) is 0 Å². The number of halogens is 1. The summed E-state index contributed by atoms with van der Waals surface area (Å²) in [6, 6.07) is 12.7. The number of rotatable bonds is 5. The molecule has 0 saturated carbocycles. The minimum atomic E-state index is -0.0243. The predicted molar refractivity (Wildman–Crippen MR) is 99.9 cm³/mol. The maximum Gasteiger partial charge on any atom is 0.212 e. The van der Waals surface area contributed by atoms with Gasteiger partial charge in [0.25, 0.3) is 0 Å². The van der Waals surface area contributed by atoms with E-state index in [4.69, 9.17) is 16.3 Å². The molecule has 128 valence electrons. The molecular formula is C17H15ClN4O2S. The molecule has 0 aliphatic heterocycles. The fourth-order valence-electron chi connectivity index (χ4n) is 2.21. The highest BCUT2D eigenvalue weighted by atomic mass is 35.5. The van der Waals surface area contributed by atoms with E-state index in [0.29, 0.717) is 27.3 Å². The minimum absolute atomic E-state index is 0.0243. The molecule has 25 heavy (non-hydrogen) atoms. The van der Waals surface area contributed by atoms with Gasteiger partial charge in [0.1, 0.15) is 0 Å². The van der Waals surface area contributed by atoms with E-state index >= 15 is 0 Å². The fraction of sp³-hybridized carbons (Fsp3) is 0.118. The summed E-state index contributed by atoms with van der Waals surface area (Å²) in [5.41, 5.74) is 1.51. The van der Waals surface area contributed by atoms with Crippen LogP contribution in [0.5, 0.6) is 11.5 Å². The average molecular weight is 375 g/mol. The zero-order valence-corrected chi connectivity index (χ0v) is 15.1. The van der Waals surface area contributed by atoms with Crippen molar-refractivity contribution in [2.45, 2.75) is 5.16 Å². The van der Waals surface area contributed by atoms with Crippen LogP contribution < -0.4 is 4.74 Å². The van der Waals surface area contributed by atoms with Crippen LogP contribution >= 0.6 is 23.4 Å². The van der Waals surface area contributed by atoms with Gasteiger partial charge in [0, 0.05) is 17.2 Å². The van der Waals surface area contributed by atoms with Gasteiger partial charge in [-0.1, -0.05) is 53.7 Å². The van der Waals surface area contributed by atoms with Crippen LogP contribution in [0.2, 0.25) is 5.02 Å². The second-order valence-corrected chi connectivity index (χ2v) is 6.16. The number of methoxy groups -OCH3 is 1. The van der Waals surface area contributed by atoms with Gasteiger partial charge in [-0.25, -0.2) is 0 Å².